The Kier molecular flexibility index (Phi) is 3.94. The van der Waals surface area contributed by atoms with Crippen LogP contribution < -0.4 is 0 Å². The number of methoxy groups -OCH3 is 1. The fourth-order valence-corrected chi connectivity index (χ4v) is 5.81. The molecular formula is C21H18N2O6S. The van der Waals surface area contributed by atoms with Crippen LogP contribution in [0.5, 0.6) is 0 Å². The zero-order valence-corrected chi connectivity index (χ0v) is 17.0. The number of carbonyl (C=O) groups is 2. The number of nitrogens with zero attached hydrogens (tertiary/aromatic N) is 2. The van der Waals surface area contributed by atoms with Crippen molar-refractivity contribution in [2.75, 3.05) is 7.11 Å². The van der Waals surface area contributed by atoms with Crippen LogP contribution in [0.1, 0.15) is 27.7 Å². The molecule has 0 spiro atoms. The van der Waals surface area contributed by atoms with Crippen LogP contribution in [0.25, 0.3) is 10.9 Å². The van der Waals surface area contributed by atoms with Gasteiger partial charge in [-0.15, -0.1) is 0 Å². The van der Waals surface area contributed by atoms with E-state index in [1.807, 2.05) is 23.6 Å². The summed E-state index contributed by atoms with van der Waals surface area (Å²) in [5.41, 5.74) is 2.31. The molecular weight excluding hydrogens is 408 g/mol. The average molecular weight is 426 g/mol. The van der Waals surface area contributed by atoms with Gasteiger partial charge in [0.25, 0.3) is 10.0 Å². The summed E-state index contributed by atoms with van der Waals surface area (Å²) < 4.78 is 39.7. The first-order chi connectivity index (χ1) is 14.3. The number of para-hydroxylation sites is 1. The van der Waals surface area contributed by atoms with Crippen molar-refractivity contribution in [1.29, 1.82) is 0 Å². The molecule has 2 aliphatic heterocycles. The van der Waals surface area contributed by atoms with E-state index in [4.69, 9.17) is 9.47 Å². The molecule has 2 aromatic carbocycles. The largest absolute Gasteiger partial charge is 0.465 e. The van der Waals surface area contributed by atoms with E-state index in [1.54, 1.807) is 24.3 Å². The fraction of sp³-hybridized carbons (Fsp3) is 0.238. The summed E-state index contributed by atoms with van der Waals surface area (Å²) in [5, 5.41) is 0.643. The van der Waals surface area contributed by atoms with Gasteiger partial charge in [0.05, 0.1) is 29.8 Å². The Labute approximate surface area is 172 Å². The number of amides is 1. The number of rotatable bonds is 3. The molecule has 0 N–H and O–H groups in total. The smallest absolute Gasteiger partial charge is 0.425 e. The van der Waals surface area contributed by atoms with E-state index in [-0.39, 0.29) is 17.0 Å². The Balaban J connectivity index is 1.73. The van der Waals surface area contributed by atoms with Crippen molar-refractivity contribution in [3.63, 3.8) is 0 Å². The van der Waals surface area contributed by atoms with E-state index in [0.29, 0.717) is 11.1 Å². The number of aryl methyl sites for hydroxylation is 1. The van der Waals surface area contributed by atoms with E-state index in [0.717, 1.165) is 15.4 Å². The van der Waals surface area contributed by atoms with Crippen LogP contribution >= 0.6 is 0 Å². The fourth-order valence-electron chi connectivity index (χ4n) is 4.33. The Bertz CT molecular complexity index is 1310. The second-order valence-electron chi connectivity index (χ2n) is 7.36. The van der Waals surface area contributed by atoms with E-state index in [9.17, 15) is 18.0 Å². The zero-order valence-electron chi connectivity index (χ0n) is 16.2. The van der Waals surface area contributed by atoms with Crippen molar-refractivity contribution < 1.29 is 27.5 Å². The highest BCUT2D eigenvalue weighted by atomic mass is 32.2. The van der Waals surface area contributed by atoms with Gasteiger partial charge in [-0.2, -0.15) is 4.31 Å². The van der Waals surface area contributed by atoms with Crippen LogP contribution in [-0.4, -0.2) is 42.6 Å². The van der Waals surface area contributed by atoms with E-state index in [2.05, 4.69) is 0 Å². The highest BCUT2D eigenvalue weighted by Crippen LogP contribution is 2.47. The summed E-state index contributed by atoms with van der Waals surface area (Å²) in [6, 6.07) is 12.5. The number of benzene rings is 2. The normalized spacial score (nSPS) is 20.2. The van der Waals surface area contributed by atoms with Crippen LogP contribution in [0.2, 0.25) is 0 Å². The number of hydrogen-bond donors (Lipinski definition) is 0. The van der Waals surface area contributed by atoms with Crippen LogP contribution in [0.15, 0.2) is 53.4 Å². The summed E-state index contributed by atoms with van der Waals surface area (Å²) >= 11 is 0. The maximum absolute atomic E-state index is 13.4. The number of sulfonamides is 1. The lowest BCUT2D eigenvalue weighted by atomic mass is 10.0. The van der Waals surface area contributed by atoms with Gasteiger partial charge in [-0.05, 0) is 25.1 Å². The van der Waals surface area contributed by atoms with Gasteiger partial charge in [-0.25, -0.2) is 18.0 Å². The lowest BCUT2D eigenvalue weighted by Gasteiger charge is -2.21. The van der Waals surface area contributed by atoms with Crippen LogP contribution in [0.3, 0.4) is 0 Å². The third-order valence-electron chi connectivity index (χ3n) is 5.66. The molecule has 154 valence electrons. The number of hydrogen-bond acceptors (Lipinski definition) is 6. The van der Waals surface area contributed by atoms with Crippen molar-refractivity contribution in [1.82, 2.24) is 8.87 Å². The van der Waals surface area contributed by atoms with Gasteiger partial charge in [0.1, 0.15) is 12.1 Å². The molecule has 3 heterocycles. The van der Waals surface area contributed by atoms with Gasteiger partial charge < -0.3 is 14.0 Å². The number of ether oxygens (including phenoxy) is 2. The molecule has 8 nitrogen and oxygen atoms in total. The second kappa shape index (κ2) is 6.33. The van der Waals surface area contributed by atoms with Crippen LogP contribution in [0.4, 0.5) is 4.79 Å². The Morgan fingerprint density at radius 3 is 2.53 bits per heavy atom. The second-order valence-corrected chi connectivity index (χ2v) is 9.18. The molecule has 30 heavy (non-hydrogen) atoms. The van der Waals surface area contributed by atoms with Gasteiger partial charge in [0, 0.05) is 10.9 Å². The lowest BCUT2D eigenvalue weighted by molar-refractivity contribution is 0.0600. The average Bonchev–Trinajstić information content (AvgIpc) is 3.34. The lowest BCUT2D eigenvalue weighted by Crippen LogP contribution is -2.35. The van der Waals surface area contributed by atoms with Crippen LogP contribution in [0, 0.1) is 6.92 Å². The van der Waals surface area contributed by atoms with E-state index < -0.39 is 34.2 Å². The first-order valence-electron chi connectivity index (χ1n) is 9.35. The van der Waals surface area contributed by atoms with Gasteiger partial charge in [-0.3, -0.25) is 0 Å². The number of carbonyl (C=O) groups excluding carboxylic acids is 2. The zero-order chi connectivity index (χ0) is 21.2. The van der Waals surface area contributed by atoms with Gasteiger partial charge in [-0.1, -0.05) is 35.9 Å². The van der Waals surface area contributed by atoms with Crippen molar-refractivity contribution in [3.05, 3.63) is 65.4 Å². The van der Waals surface area contributed by atoms with Gasteiger partial charge >= 0.3 is 12.1 Å². The molecule has 2 aliphatic rings. The molecule has 1 fully saturated rings. The van der Waals surface area contributed by atoms with E-state index in [1.165, 1.54) is 19.2 Å². The molecule has 0 unspecified atom stereocenters. The molecule has 1 aromatic heterocycles. The number of esters is 1. The molecule has 1 amide bonds. The third kappa shape index (κ3) is 2.41. The molecule has 1 saturated heterocycles. The molecule has 0 bridgehead atoms. The first-order valence-corrected chi connectivity index (χ1v) is 10.8. The Morgan fingerprint density at radius 2 is 1.83 bits per heavy atom. The number of aromatic nitrogens is 1. The number of fused-ring (bicyclic) bond motifs is 5. The van der Waals surface area contributed by atoms with Gasteiger partial charge in [0.2, 0.25) is 0 Å². The highest BCUT2D eigenvalue weighted by Gasteiger charge is 2.55. The van der Waals surface area contributed by atoms with Gasteiger partial charge in [0.15, 0.2) is 0 Å². The molecule has 0 aliphatic carbocycles. The minimum absolute atomic E-state index is 0.0140. The topological polar surface area (TPSA) is 94.9 Å². The summed E-state index contributed by atoms with van der Waals surface area (Å²) in [4.78, 5) is 25.3. The molecule has 9 heteroatoms. The van der Waals surface area contributed by atoms with Crippen molar-refractivity contribution in [3.8, 4) is 0 Å². The van der Waals surface area contributed by atoms with E-state index >= 15 is 0 Å². The Morgan fingerprint density at radius 1 is 1.13 bits per heavy atom. The van der Waals surface area contributed by atoms with Crippen molar-refractivity contribution in [2.45, 2.75) is 30.5 Å². The molecule has 2 atom stereocenters. The predicted octanol–water partition coefficient (Wildman–Crippen LogP) is 3.00. The third-order valence-corrected chi connectivity index (χ3v) is 7.42. The summed E-state index contributed by atoms with van der Waals surface area (Å²) in [7, 11) is -2.93. The monoisotopic (exact) mass is 426 g/mol. The molecule has 5 rings (SSSR count). The Hall–Kier alpha value is -3.33. The van der Waals surface area contributed by atoms with Crippen molar-refractivity contribution in [2.24, 2.45) is 0 Å². The first kappa shape index (κ1) is 18.7. The maximum atomic E-state index is 13.4. The summed E-state index contributed by atoms with van der Waals surface area (Å²) in [6.07, 6.45) is -1.67. The highest BCUT2D eigenvalue weighted by molar-refractivity contribution is 7.89. The molecule has 3 aromatic rings. The minimum atomic E-state index is -4.19. The molecule has 0 radical (unpaired) electrons. The predicted molar refractivity (Wildman–Crippen MR) is 106 cm³/mol. The van der Waals surface area contributed by atoms with Crippen molar-refractivity contribution >= 4 is 33.0 Å². The minimum Gasteiger partial charge on any atom is -0.465 e. The quantitative estimate of drug-likeness (QED) is 0.598. The standard InChI is InChI=1S/C21H18N2O6S/c1-12-7-9-13(10-8-12)30(26,27)23-18-16(29-21(23)25)11-22-15-6-4-3-5-14(15)17(19(18)22)20(24)28-2/h3-10,16,18H,11H2,1-2H3/t16-,18-/m1/s1. The maximum Gasteiger partial charge on any atom is 0.425 e. The molecule has 0 saturated carbocycles. The summed E-state index contributed by atoms with van der Waals surface area (Å²) in [5.74, 6) is -0.590. The SMILES string of the molecule is COC(=O)c1c2n(c3ccccc13)C[C@H]1OC(=O)N(S(=O)(=O)c3ccc(C)cc3)[C@@H]21. The summed E-state index contributed by atoms with van der Waals surface area (Å²) in [6.45, 7) is 2.10. The van der Waals surface area contributed by atoms with Crippen LogP contribution in [-0.2, 0) is 26.0 Å².